The van der Waals surface area contributed by atoms with Crippen molar-refractivity contribution in [2.75, 3.05) is 32.8 Å². The largest absolute Gasteiger partial charge is 0.379 e. The van der Waals surface area contributed by atoms with E-state index in [-0.39, 0.29) is 0 Å². The first kappa shape index (κ1) is 11.1. The molecule has 0 unspecified atom stereocenters. The van der Waals surface area contributed by atoms with Crippen molar-refractivity contribution in [2.45, 2.75) is 0 Å². The lowest BCUT2D eigenvalue weighted by Crippen LogP contribution is -2.37. The first-order valence-corrected chi connectivity index (χ1v) is 6.03. The summed E-state index contributed by atoms with van der Waals surface area (Å²) >= 11 is 3.43. The number of morpholine rings is 1. The van der Waals surface area contributed by atoms with E-state index in [9.17, 15) is 0 Å². The second-order valence-corrected chi connectivity index (χ2v) is 4.58. The van der Waals surface area contributed by atoms with Gasteiger partial charge in [-0.1, -0.05) is 28.1 Å². The van der Waals surface area contributed by atoms with Gasteiger partial charge in [0.05, 0.1) is 13.2 Å². The van der Waals surface area contributed by atoms with Crippen LogP contribution in [0.3, 0.4) is 0 Å². The third-order valence-corrected chi connectivity index (χ3v) is 3.09. The number of benzene rings is 1. The van der Waals surface area contributed by atoms with Crippen molar-refractivity contribution in [3.63, 3.8) is 0 Å². The van der Waals surface area contributed by atoms with Crippen LogP contribution in [0.15, 0.2) is 28.7 Å². The van der Waals surface area contributed by atoms with E-state index in [1.54, 1.807) is 0 Å². The van der Waals surface area contributed by atoms with Crippen LogP contribution in [0.4, 0.5) is 0 Å². The Bertz CT molecular complexity index is 293. The summed E-state index contributed by atoms with van der Waals surface area (Å²) in [7, 11) is 0. The van der Waals surface area contributed by atoms with Crippen LogP contribution in [-0.2, 0) is 4.74 Å². The first-order chi connectivity index (χ1) is 7.34. The van der Waals surface area contributed by atoms with Crippen LogP contribution in [0.25, 0.3) is 0 Å². The number of rotatable bonds is 3. The quantitative estimate of drug-likeness (QED) is 0.835. The lowest BCUT2D eigenvalue weighted by molar-refractivity contribution is 0.0421. The Morgan fingerprint density at radius 1 is 1.20 bits per heavy atom. The summed E-state index contributed by atoms with van der Waals surface area (Å²) in [5.74, 6) is 0. The maximum atomic E-state index is 5.31. The molecule has 2 nitrogen and oxygen atoms in total. The molecule has 0 N–H and O–H groups in total. The highest BCUT2D eigenvalue weighted by Crippen LogP contribution is 2.12. The Labute approximate surface area is 99.4 Å². The minimum absolute atomic E-state index is 0.869. The van der Waals surface area contributed by atoms with Crippen molar-refractivity contribution >= 4 is 15.9 Å². The average Bonchev–Trinajstić information content (AvgIpc) is 2.30. The van der Waals surface area contributed by atoms with Crippen LogP contribution in [0.1, 0.15) is 5.56 Å². The van der Waals surface area contributed by atoms with Gasteiger partial charge in [0, 0.05) is 30.5 Å². The van der Waals surface area contributed by atoms with E-state index < -0.39 is 0 Å². The van der Waals surface area contributed by atoms with Crippen LogP contribution < -0.4 is 0 Å². The molecule has 0 aliphatic carbocycles. The van der Waals surface area contributed by atoms with Gasteiger partial charge in [0.1, 0.15) is 0 Å². The molecule has 0 bridgehead atoms. The lowest BCUT2D eigenvalue weighted by Gasteiger charge is -2.26. The molecule has 0 atom stereocenters. The number of nitrogens with zero attached hydrogens (tertiary/aromatic N) is 1. The van der Waals surface area contributed by atoms with Gasteiger partial charge in [-0.15, -0.1) is 0 Å². The molecule has 1 saturated heterocycles. The molecule has 0 saturated carbocycles. The topological polar surface area (TPSA) is 12.5 Å². The van der Waals surface area contributed by atoms with Gasteiger partial charge in [-0.2, -0.15) is 0 Å². The fourth-order valence-corrected chi connectivity index (χ4v) is 1.88. The molecule has 15 heavy (non-hydrogen) atoms. The smallest absolute Gasteiger partial charge is 0.0594 e. The van der Waals surface area contributed by atoms with E-state index in [0.29, 0.717) is 0 Å². The standard InChI is InChI=1S/C12H15BrNO/c13-12-3-1-11(2-4-12)5-6-14-7-9-15-10-8-14/h1-5H,6-10H2. The Kier molecular flexibility index (Phi) is 4.18. The molecule has 1 aliphatic rings. The van der Waals surface area contributed by atoms with Crippen LogP contribution in [-0.4, -0.2) is 37.7 Å². The Morgan fingerprint density at radius 3 is 2.53 bits per heavy atom. The van der Waals surface area contributed by atoms with Crippen molar-refractivity contribution in [1.29, 1.82) is 0 Å². The van der Waals surface area contributed by atoms with Crippen molar-refractivity contribution in [1.82, 2.24) is 4.90 Å². The van der Waals surface area contributed by atoms with Crippen LogP contribution in [0.2, 0.25) is 0 Å². The molecule has 1 aromatic carbocycles. The summed E-state index contributed by atoms with van der Waals surface area (Å²) in [6.07, 6.45) is 2.26. The second kappa shape index (κ2) is 5.64. The van der Waals surface area contributed by atoms with E-state index in [1.165, 1.54) is 5.56 Å². The van der Waals surface area contributed by atoms with Gasteiger partial charge in [0.25, 0.3) is 0 Å². The monoisotopic (exact) mass is 268 g/mol. The predicted octanol–water partition coefficient (Wildman–Crippen LogP) is 2.33. The van der Waals surface area contributed by atoms with Crippen molar-refractivity contribution in [2.24, 2.45) is 0 Å². The Morgan fingerprint density at radius 2 is 1.87 bits per heavy atom. The normalized spacial score (nSPS) is 17.9. The number of halogens is 1. The summed E-state index contributed by atoms with van der Waals surface area (Å²) in [5.41, 5.74) is 1.28. The minimum atomic E-state index is 0.869. The molecular weight excluding hydrogens is 254 g/mol. The van der Waals surface area contributed by atoms with Crippen LogP contribution >= 0.6 is 15.9 Å². The van der Waals surface area contributed by atoms with Gasteiger partial charge in [-0.3, -0.25) is 4.90 Å². The number of ether oxygens (including phenoxy) is 1. The Balaban J connectivity index is 1.79. The predicted molar refractivity (Wildman–Crippen MR) is 64.8 cm³/mol. The van der Waals surface area contributed by atoms with E-state index in [1.807, 2.05) is 0 Å². The van der Waals surface area contributed by atoms with E-state index >= 15 is 0 Å². The van der Waals surface area contributed by atoms with E-state index in [4.69, 9.17) is 4.74 Å². The van der Waals surface area contributed by atoms with Crippen molar-refractivity contribution < 1.29 is 4.74 Å². The van der Waals surface area contributed by atoms with Gasteiger partial charge >= 0.3 is 0 Å². The molecule has 1 aromatic rings. The summed E-state index contributed by atoms with van der Waals surface area (Å²) in [4.78, 5) is 2.41. The lowest BCUT2D eigenvalue weighted by atomic mass is 10.1. The minimum Gasteiger partial charge on any atom is -0.379 e. The fraction of sp³-hybridized carbons (Fsp3) is 0.417. The highest BCUT2D eigenvalue weighted by atomic mass is 79.9. The zero-order valence-electron chi connectivity index (χ0n) is 8.66. The van der Waals surface area contributed by atoms with Crippen LogP contribution in [0, 0.1) is 6.42 Å². The number of hydrogen-bond acceptors (Lipinski definition) is 2. The van der Waals surface area contributed by atoms with Gasteiger partial charge in [0.2, 0.25) is 0 Å². The van der Waals surface area contributed by atoms with Crippen molar-refractivity contribution in [3.05, 3.63) is 40.7 Å². The highest BCUT2D eigenvalue weighted by molar-refractivity contribution is 9.10. The molecule has 0 aromatic heterocycles. The second-order valence-electron chi connectivity index (χ2n) is 3.67. The summed E-state index contributed by atoms with van der Waals surface area (Å²) in [6.45, 7) is 4.85. The van der Waals surface area contributed by atoms with Gasteiger partial charge in [-0.25, -0.2) is 0 Å². The molecule has 1 fully saturated rings. The van der Waals surface area contributed by atoms with E-state index in [0.717, 1.165) is 37.3 Å². The van der Waals surface area contributed by atoms with Gasteiger partial charge < -0.3 is 4.74 Å². The third kappa shape index (κ3) is 3.59. The molecule has 2 rings (SSSR count). The van der Waals surface area contributed by atoms with E-state index in [2.05, 4.69) is 51.5 Å². The molecular formula is C12H15BrNO. The highest BCUT2D eigenvalue weighted by Gasteiger charge is 2.09. The Hall–Kier alpha value is -0.380. The molecule has 0 amide bonds. The first-order valence-electron chi connectivity index (χ1n) is 5.23. The molecule has 81 valence electrons. The maximum absolute atomic E-state index is 5.31. The summed E-state index contributed by atoms with van der Waals surface area (Å²) < 4.78 is 6.44. The maximum Gasteiger partial charge on any atom is 0.0594 e. The zero-order valence-corrected chi connectivity index (χ0v) is 10.2. The zero-order chi connectivity index (χ0) is 10.5. The molecule has 3 heteroatoms. The van der Waals surface area contributed by atoms with Crippen molar-refractivity contribution in [3.8, 4) is 0 Å². The van der Waals surface area contributed by atoms with Gasteiger partial charge in [-0.05, 0) is 17.7 Å². The van der Waals surface area contributed by atoms with Crippen LogP contribution in [0.5, 0.6) is 0 Å². The molecule has 1 radical (unpaired) electrons. The van der Waals surface area contributed by atoms with Gasteiger partial charge in [0.15, 0.2) is 0 Å². The molecule has 1 heterocycles. The summed E-state index contributed by atoms with van der Waals surface area (Å²) in [5, 5.41) is 0. The fourth-order valence-electron chi connectivity index (χ4n) is 1.62. The average molecular weight is 269 g/mol. The SMILES string of the molecule is Brc1ccc([CH]CN2CCOCC2)cc1. The number of hydrogen-bond donors (Lipinski definition) is 0. The third-order valence-electron chi connectivity index (χ3n) is 2.56. The summed E-state index contributed by atoms with van der Waals surface area (Å²) in [6, 6.07) is 8.41. The molecule has 0 spiro atoms. The molecule has 1 aliphatic heterocycles.